The van der Waals surface area contributed by atoms with E-state index in [1.165, 1.54) is 23.1 Å². The Balaban J connectivity index is 2.05. The molecule has 1 heterocycles. The maximum absolute atomic E-state index is 12.8. The summed E-state index contributed by atoms with van der Waals surface area (Å²) in [7, 11) is 0. The van der Waals surface area contributed by atoms with Crippen LogP contribution in [0.3, 0.4) is 0 Å². The van der Waals surface area contributed by atoms with Crippen molar-refractivity contribution in [2.75, 3.05) is 11.5 Å². The summed E-state index contributed by atoms with van der Waals surface area (Å²) < 4.78 is 4.95. The van der Waals surface area contributed by atoms with Gasteiger partial charge in [-0.2, -0.15) is 0 Å². The smallest absolute Gasteiger partial charge is 0.338 e. The second-order valence-electron chi connectivity index (χ2n) is 5.72. The summed E-state index contributed by atoms with van der Waals surface area (Å²) in [4.78, 5) is 38.4. The number of amides is 2. The Hall–Kier alpha value is -2.95. The maximum atomic E-state index is 12.8. The molecule has 2 aromatic carbocycles. The molecular weight excluding hydrogens is 306 g/mol. The molecule has 0 saturated heterocycles. The fourth-order valence-corrected chi connectivity index (χ4v) is 2.76. The maximum Gasteiger partial charge on any atom is 0.338 e. The van der Waals surface area contributed by atoms with Crippen LogP contribution in [0.15, 0.2) is 36.4 Å². The van der Waals surface area contributed by atoms with E-state index in [9.17, 15) is 14.4 Å². The number of carbonyl (C=O) groups excluding carboxylic acids is 3. The number of imide groups is 1. The van der Waals surface area contributed by atoms with Crippen molar-refractivity contribution in [3.05, 3.63) is 64.2 Å². The number of hydrogen-bond acceptors (Lipinski definition) is 4. The summed E-state index contributed by atoms with van der Waals surface area (Å²) in [6.45, 7) is 5.71. The predicted molar refractivity (Wildman–Crippen MR) is 89.5 cm³/mol. The first-order valence-electron chi connectivity index (χ1n) is 7.71. The summed E-state index contributed by atoms with van der Waals surface area (Å²) in [5, 5.41) is 0. The van der Waals surface area contributed by atoms with Crippen LogP contribution in [0.5, 0.6) is 0 Å². The molecule has 1 aliphatic rings. The number of esters is 1. The fraction of sp³-hybridized carbons (Fsp3) is 0.211. The van der Waals surface area contributed by atoms with E-state index in [-0.39, 0.29) is 23.6 Å². The van der Waals surface area contributed by atoms with Gasteiger partial charge in [0.15, 0.2) is 0 Å². The first-order valence-corrected chi connectivity index (χ1v) is 7.71. The van der Waals surface area contributed by atoms with E-state index in [1.54, 1.807) is 6.92 Å². The van der Waals surface area contributed by atoms with Crippen LogP contribution >= 0.6 is 0 Å². The highest BCUT2D eigenvalue weighted by Gasteiger charge is 2.37. The number of hydrogen-bond donors (Lipinski definition) is 0. The number of anilines is 1. The molecular formula is C19H17NO4. The summed E-state index contributed by atoms with van der Waals surface area (Å²) in [5.74, 6) is -1.31. The van der Waals surface area contributed by atoms with E-state index < -0.39 is 11.9 Å². The van der Waals surface area contributed by atoms with E-state index in [0.29, 0.717) is 11.3 Å². The van der Waals surface area contributed by atoms with Crippen LogP contribution in [-0.2, 0) is 4.74 Å². The third-order valence-electron chi connectivity index (χ3n) is 4.00. The molecule has 0 saturated carbocycles. The molecule has 0 atom stereocenters. The monoisotopic (exact) mass is 323 g/mol. The number of benzene rings is 2. The molecule has 0 aromatic heterocycles. The molecule has 0 bridgehead atoms. The minimum atomic E-state index is -0.509. The molecule has 24 heavy (non-hydrogen) atoms. The normalized spacial score (nSPS) is 13.2. The van der Waals surface area contributed by atoms with Gasteiger partial charge in [0, 0.05) is 0 Å². The van der Waals surface area contributed by atoms with Crippen molar-refractivity contribution in [3.63, 3.8) is 0 Å². The van der Waals surface area contributed by atoms with Crippen molar-refractivity contribution >= 4 is 23.5 Å². The van der Waals surface area contributed by atoms with Gasteiger partial charge >= 0.3 is 5.97 Å². The van der Waals surface area contributed by atoms with Gasteiger partial charge in [0.05, 0.1) is 29.0 Å². The topological polar surface area (TPSA) is 63.7 Å². The summed E-state index contributed by atoms with van der Waals surface area (Å²) in [6, 6.07) is 10.1. The van der Waals surface area contributed by atoms with Crippen molar-refractivity contribution in [2.24, 2.45) is 0 Å². The van der Waals surface area contributed by atoms with Gasteiger partial charge < -0.3 is 4.74 Å². The molecule has 2 aromatic rings. The lowest BCUT2D eigenvalue weighted by atomic mass is 10.1. The van der Waals surface area contributed by atoms with Crippen molar-refractivity contribution in [1.82, 2.24) is 0 Å². The molecule has 2 amide bonds. The highest BCUT2D eigenvalue weighted by atomic mass is 16.5. The molecule has 5 nitrogen and oxygen atoms in total. The number of ether oxygens (including phenoxy) is 1. The van der Waals surface area contributed by atoms with Crippen molar-refractivity contribution < 1.29 is 19.1 Å². The average Bonchev–Trinajstić information content (AvgIpc) is 2.81. The SMILES string of the molecule is CCOC(=O)c1ccc2c(c1)C(=O)N(c1cc(C)ccc1C)C2=O. The van der Waals surface area contributed by atoms with Crippen LogP contribution in [0.4, 0.5) is 5.69 Å². The van der Waals surface area contributed by atoms with Gasteiger partial charge in [-0.05, 0) is 56.2 Å². The van der Waals surface area contributed by atoms with Crippen LogP contribution < -0.4 is 4.90 Å². The van der Waals surface area contributed by atoms with Gasteiger partial charge in [-0.1, -0.05) is 12.1 Å². The third kappa shape index (κ3) is 2.48. The lowest BCUT2D eigenvalue weighted by molar-refractivity contribution is 0.0526. The number of fused-ring (bicyclic) bond motifs is 1. The molecule has 3 rings (SSSR count). The summed E-state index contributed by atoms with van der Waals surface area (Å²) in [6.07, 6.45) is 0. The quantitative estimate of drug-likeness (QED) is 0.642. The molecule has 0 fully saturated rings. The average molecular weight is 323 g/mol. The molecule has 0 unspecified atom stereocenters. The first-order chi connectivity index (χ1) is 11.4. The lowest BCUT2D eigenvalue weighted by Gasteiger charge is -2.17. The minimum Gasteiger partial charge on any atom is -0.462 e. The van der Waals surface area contributed by atoms with Crippen LogP contribution in [0.25, 0.3) is 0 Å². The molecule has 0 N–H and O–H groups in total. The zero-order valence-electron chi connectivity index (χ0n) is 13.8. The van der Waals surface area contributed by atoms with Crippen LogP contribution in [0, 0.1) is 13.8 Å². The number of nitrogens with zero attached hydrogens (tertiary/aromatic N) is 1. The Kier molecular flexibility index (Phi) is 3.93. The molecule has 0 spiro atoms. The van der Waals surface area contributed by atoms with Crippen molar-refractivity contribution in [1.29, 1.82) is 0 Å². The molecule has 0 aliphatic carbocycles. The van der Waals surface area contributed by atoms with Gasteiger partial charge in [0.2, 0.25) is 0 Å². The van der Waals surface area contributed by atoms with Crippen molar-refractivity contribution in [2.45, 2.75) is 20.8 Å². The molecule has 1 aliphatic heterocycles. The number of carbonyl (C=O) groups is 3. The first kappa shape index (κ1) is 15.9. The van der Waals surface area contributed by atoms with E-state index in [0.717, 1.165) is 11.1 Å². The second-order valence-corrected chi connectivity index (χ2v) is 5.72. The van der Waals surface area contributed by atoms with Crippen LogP contribution in [-0.4, -0.2) is 24.4 Å². The standard InChI is InChI=1S/C19H17NO4/c1-4-24-19(23)13-7-8-14-15(10-13)18(22)20(17(14)21)16-9-11(2)5-6-12(16)3/h5-10H,4H2,1-3H3. The van der Waals surface area contributed by atoms with E-state index >= 15 is 0 Å². The van der Waals surface area contributed by atoms with Gasteiger partial charge in [0.25, 0.3) is 11.8 Å². The lowest BCUT2D eigenvalue weighted by Crippen LogP contribution is -2.30. The zero-order valence-corrected chi connectivity index (χ0v) is 13.8. The Morgan fingerprint density at radius 3 is 2.42 bits per heavy atom. The Morgan fingerprint density at radius 1 is 1.00 bits per heavy atom. The van der Waals surface area contributed by atoms with Gasteiger partial charge in [-0.15, -0.1) is 0 Å². The van der Waals surface area contributed by atoms with Gasteiger partial charge in [0.1, 0.15) is 0 Å². The molecule has 0 radical (unpaired) electrons. The van der Waals surface area contributed by atoms with Crippen LogP contribution in [0.1, 0.15) is 49.1 Å². The van der Waals surface area contributed by atoms with E-state index in [1.807, 2.05) is 32.0 Å². The Labute approximate surface area is 139 Å². The van der Waals surface area contributed by atoms with E-state index in [2.05, 4.69) is 0 Å². The molecule has 5 heteroatoms. The number of aryl methyl sites for hydroxylation is 2. The summed E-state index contributed by atoms with van der Waals surface area (Å²) >= 11 is 0. The summed E-state index contributed by atoms with van der Waals surface area (Å²) in [5.41, 5.74) is 3.15. The van der Waals surface area contributed by atoms with E-state index in [4.69, 9.17) is 4.74 Å². The highest BCUT2D eigenvalue weighted by molar-refractivity contribution is 6.35. The fourth-order valence-electron chi connectivity index (χ4n) is 2.76. The molecule has 122 valence electrons. The third-order valence-corrected chi connectivity index (χ3v) is 4.00. The number of rotatable bonds is 3. The van der Waals surface area contributed by atoms with Gasteiger partial charge in [-0.3, -0.25) is 9.59 Å². The Morgan fingerprint density at radius 2 is 1.71 bits per heavy atom. The largest absolute Gasteiger partial charge is 0.462 e. The van der Waals surface area contributed by atoms with Gasteiger partial charge in [-0.25, -0.2) is 9.69 Å². The highest BCUT2D eigenvalue weighted by Crippen LogP contribution is 2.31. The second kappa shape index (κ2) is 5.92. The zero-order chi connectivity index (χ0) is 17.4. The van der Waals surface area contributed by atoms with Crippen molar-refractivity contribution in [3.8, 4) is 0 Å². The Bertz CT molecular complexity index is 870. The minimum absolute atomic E-state index is 0.228. The predicted octanol–water partition coefficient (Wildman–Crippen LogP) is 3.28. The van der Waals surface area contributed by atoms with Crippen LogP contribution in [0.2, 0.25) is 0 Å².